The zero-order chi connectivity index (χ0) is 21.1. The van der Waals surface area contributed by atoms with Crippen molar-refractivity contribution in [3.05, 3.63) is 51.9 Å². The highest BCUT2D eigenvalue weighted by Gasteiger charge is 2.22. The number of amides is 1. The monoisotopic (exact) mass is 425 g/mol. The van der Waals surface area contributed by atoms with Gasteiger partial charge in [0.15, 0.2) is 0 Å². The first-order valence-corrected chi connectivity index (χ1v) is 11.4. The molecule has 0 N–H and O–H groups in total. The molecule has 0 saturated carbocycles. The molecule has 0 spiro atoms. The molecule has 0 aliphatic carbocycles. The molecule has 4 rings (SSSR count). The number of hydrogen-bond acceptors (Lipinski definition) is 5. The lowest BCUT2D eigenvalue weighted by Crippen LogP contribution is -2.38. The van der Waals surface area contributed by atoms with Crippen LogP contribution >= 0.6 is 11.3 Å². The fourth-order valence-corrected chi connectivity index (χ4v) is 4.79. The first kappa shape index (κ1) is 20.8. The van der Waals surface area contributed by atoms with E-state index in [1.54, 1.807) is 10.9 Å². The number of aryl methyl sites for hydroxylation is 2. The predicted octanol–water partition coefficient (Wildman–Crippen LogP) is 3.85. The molecule has 1 fully saturated rings. The van der Waals surface area contributed by atoms with Gasteiger partial charge in [-0.15, -0.1) is 11.3 Å². The third-order valence-corrected chi connectivity index (χ3v) is 6.56. The van der Waals surface area contributed by atoms with E-state index in [1.165, 1.54) is 16.9 Å². The van der Waals surface area contributed by atoms with E-state index in [-0.39, 0.29) is 24.0 Å². The van der Waals surface area contributed by atoms with Crippen LogP contribution in [-0.2, 0) is 16.1 Å². The van der Waals surface area contributed by atoms with E-state index >= 15 is 0 Å². The second-order valence-corrected chi connectivity index (χ2v) is 8.61. The van der Waals surface area contributed by atoms with Crippen molar-refractivity contribution >= 4 is 27.5 Å². The molecule has 1 atom stereocenters. The Morgan fingerprint density at radius 3 is 2.83 bits per heavy atom. The molecule has 1 amide bonds. The summed E-state index contributed by atoms with van der Waals surface area (Å²) < 4.78 is 7.22. The second-order valence-electron chi connectivity index (χ2n) is 7.76. The van der Waals surface area contributed by atoms with Crippen molar-refractivity contribution in [2.75, 3.05) is 19.7 Å². The number of ether oxygens (including phenoxy) is 1. The molecule has 30 heavy (non-hydrogen) atoms. The van der Waals surface area contributed by atoms with Crippen LogP contribution in [0.15, 0.2) is 40.8 Å². The number of fused-ring (bicyclic) bond motifs is 1. The highest BCUT2D eigenvalue weighted by molar-refractivity contribution is 7.17. The third-order valence-electron chi connectivity index (χ3n) is 5.67. The van der Waals surface area contributed by atoms with Crippen LogP contribution in [0.3, 0.4) is 0 Å². The maximum Gasteiger partial charge on any atom is 0.262 e. The number of nitrogens with zero attached hydrogens (tertiary/aromatic N) is 3. The number of carbonyl (C=O) groups excluding carboxylic acids is 1. The van der Waals surface area contributed by atoms with E-state index < -0.39 is 0 Å². The topological polar surface area (TPSA) is 64.4 Å². The van der Waals surface area contributed by atoms with E-state index in [2.05, 4.69) is 4.98 Å². The smallest absolute Gasteiger partial charge is 0.262 e. The minimum atomic E-state index is -0.0909. The molecule has 158 valence electrons. The molecule has 3 heterocycles. The average Bonchev–Trinajstić information content (AvgIpc) is 3.42. The van der Waals surface area contributed by atoms with Crippen LogP contribution in [0.4, 0.5) is 0 Å². The number of likely N-dealkylation sites (N-methyl/N-ethyl adjacent to an activating group) is 1. The van der Waals surface area contributed by atoms with Crippen molar-refractivity contribution in [1.29, 1.82) is 0 Å². The third kappa shape index (κ3) is 4.32. The van der Waals surface area contributed by atoms with Gasteiger partial charge < -0.3 is 9.64 Å². The highest BCUT2D eigenvalue weighted by Crippen LogP contribution is 2.30. The molecule has 2 aromatic heterocycles. The Bertz CT molecular complexity index is 1080. The fraction of sp³-hybridized carbons (Fsp3) is 0.435. The molecule has 1 aromatic carbocycles. The first-order valence-electron chi connectivity index (χ1n) is 10.5. The van der Waals surface area contributed by atoms with Crippen LogP contribution in [0.5, 0.6) is 0 Å². The van der Waals surface area contributed by atoms with Crippen LogP contribution in [0.1, 0.15) is 31.7 Å². The summed E-state index contributed by atoms with van der Waals surface area (Å²) in [5, 5.41) is 2.62. The second kappa shape index (κ2) is 9.10. The molecular weight excluding hydrogens is 398 g/mol. The summed E-state index contributed by atoms with van der Waals surface area (Å²) in [6.07, 6.45) is 4.03. The lowest BCUT2D eigenvalue weighted by atomic mass is 10.1. The quantitative estimate of drug-likeness (QED) is 0.577. The number of aromatic nitrogens is 2. The van der Waals surface area contributed by atoms with Gasteiger partial charge in [-0.1, -0.05) is 29.8 Å². The zero-order valence-corrected chi connectivity index (χ0v) is 18.3. The summed E-state index contributed by atoms with van der Waals surface area (Å²) in [7, 11) is 0. The lowest BCUT2D eigenvalue weighted by Gasteiger charge is -2.24. The minimum Gasteiger partial charge on any atom is -0.376 e. The van der Waals surface area contributed by atoms with Gasteiger partial charge in [-0.2, -0.15) is 0 Å². The van der Waals surface area contributed by atoms with Gasteiger partial charge >= 0.3 is 0 Å². The van der Waals surface area contributed by atoms with Gasteiger partial charge in [0, 0.05) is 43.6 Å². The molecule has 3 aromatic rings. The summed E-state index contributed by atoms with van der Waals surface area (Å²) in [4.78, 5) is 32.9. The number of benzene rings is 1. The maximum absolute atomic E-state index is 13.2. The average molecular weight is 426 g/mol. The van der Waals surface area contributed by atoms with Gasteiger partial charge in [0.2, 0.25) is 5.91 Å². The maximum atomic E-state index is 13.2. The first-order chi connectivity index (χ1) is 14.6. The van der Waals surface area contributed by atoms with E-state index in [1.807, 2.05) is 48.4 Å². The van der Waals surface area contributed by atoms with Gasteiger partial charge in [0.1, 0.15) is 4.83 Å². The molecule has 1 aliphatic heterocycles. The van der Waals surface area contributed by atoms with Crippen molar-refractivity contribution in [1.82, 2.24) is 14.5 Å². The number of rotatable bonds is 7. The fourth-order valence-electron chi connectivity index (χ4n) is 3.89. The lowest BCUT2D eigenvalue weighted by molar-refractivity contribution is -0.132. The van der Waals surface area contributed by atoms with Crippen LogP contribution in [0, 0.1) is 6.92 Å². The molecule has 1 aliphatic rings. The van der Waals surface area contributed by atoms with Crippen LogP contribution in [0.25, 0.3) is 21.3 Å². The summed E-state index contributed by atoms with van der Waals surface area (Å²) in [5.41, 5.74) is 3.00. The van der Waals surface area contributed by atoms with Gasteiger partial charge in [0.25, 0.3) is 5.56 Å². The van der Waals surface area contributed by atoms with E-state index in [0.717, 1.165) is 35.4 Å². The van der Waals surface area contributed by atoms with Crippen LogP contribution < -0.4 is 5.56 Å². The minimum absolute atomic E-state index is 0.0454. The number of thiophene rings is 1. The molecule has 0 bridgehead atoms. The van der Waals surface area contributed by atoms with Gasteiger partial charge in [-0.05, 0) is 32.3 Å². The Balaban J connectivity index is 1.52. The normalized spacial score (nSPS) is 16.3. The van der Waals surface area contributed by atoms with Gasteiger partial charge in [0.05, 0.1) is 17.8 Å². The molecule has 6 nitrogen and oxygen atoms in total. The van der Waals surface area contributed by atoms with Crippen molar-refractivity contribution in [3.8, 4) is 11.1 Å². The molecular formula is C23H27N3O3S. The Morgan fingerprint density at radius 1 is 1.33 bits per heavy atom. The van der Waals surface area contributed by atoms with Crippen molar-refractivity contribution in [3.63, 3.8) is 0 Å². The largest absolute Gasteiger partial charge is 0.376 e. The van der Waals surface area contributed by atoms with E-state index in [4.69, 9.17) is 4.74 Å². The summed E-state index contributed by atoms with van der Waals surface area (Å²) >= 11 is 1.47. The molecule has 0 radical (unpaired) electrons. The summed E-state index contributed by atoms with van der Waals surface area (Å²) in [6.45, 7) is 6.40. The Hall–Kier alpha value is -2.51. The van der Waals surface area contributed by atoms with Gasteiger partial charge in [-0.3, -0.25) is 14.2 Å². The molecule has 7 heteroatoms. The number of hydrogen-bond donors (Lipinski definition) is 0. The van der Waals surface area contributed by atoms with Crippen LogP contribution in [0.2, 0.25) is 0 Å². The Morgan fingerprint density at radius 2 is 2.13 bits per heavy atom. The Kier molecular flexibility index (Phi) is 6.29. The highest BCUT2D eigenvalue weighted by atomic mass is 32.1. The van der Waals surface area contributed by atoms with E-state index in [0.29, 0.717) is 25.0 Å². The van der Waals surface area contributed by atoms with Crippen molar-refractivity contribution < 1.29 is 9.53 Å². The standard InChI is InChI=1S/C23H27N3O3S/c1-3-25(13-18-5-4-12-29-18)20(27)10-11-26-15-24-22-21(23(26)28)19(14-30-22)17-8-6-16(2)7-9-17/h6-9,14-15,18H,3-5,10-13H2,1-2H3. The SMILES string of the molecule is CCN(CC1CCCO1)C(=O)CCn1cnc2scc(-c3ccc(C)cc3)c2c1=O. The summed E-state index contributed by atoms with van der Waals surface area (Å²) in [5.74, 6) is 0.0454. The number of carbonyl (C=O) groups is 1. The Labute approximate surface area is 180 Å². The molecule has 1 saturated heterocycles. The summed E-state index contributed by atoms with van der Waals surface area (Å²) in [6, 6.07) is 8.14. The van der Waals surface area contributed by atoms with Gasteiger partial charge in [-0.25, -0.2) is 4.98 Å². The predicted molar refractivity (Wildman–Crippen MR) is 120 cm³/mol. The van der Waals surface area contributed by atoms with Crippen molar-refractivity contribution in [2.45, 2.75) is 45.8 Å². The van der Waals surface area contributed by atoms with Crippen molar-refractivity contribution in [2.24, 2.45) is 0 Å². The molecule has 1 unspecified atom stereocenters. The zero-order valence-electron chi connectivity index (χ0n) is 17.5. The van der Waals surface area contributed by atoms with E-state index in [9.17, 15) is 9.59 Å². The van der Waals surface area contributed by atoms with Crippen LogP contribution in [-0.4, -0.2) is 46.2 Å².